The van der Waals surface area contributed by atoms with Crippen molar-refractivity contribution in [3.05, 3.63) is 16.9 Å². The standard InChI is InChI=1S/C10H14BrN3O/c1-7-5-14(6-8(2)15-7)10-12-3-9(11)4-13-10/h3-4,7-8H,5-6H2,1-2H3. The molecule has 0 N–H and O–H groups in total. The van der Waals surface area contributed by atoms with Crippen LogP contribution in [0.5, 0.6) is 0 Å². The van der Waals surface area contributed by atoms with Gasteiger partial charge in [0.25, 0.3) is 0 Å². The number of hydrogen-bond donors (Lipinski definition) is 0. The van der Waals surface area contributed by atoms with Crippen molar-refractivity contribution in [1.29, 1.82) is 0 Å². The summed E-state index contributed by atoms with van der Waals surface area (Å²) in [4.78, 5) is 10.7. The molecular weight excluding hydrogens is 258 g/mol. The third kappa shape index (κ3) is 2.66. The molecule has 2 rings (SSSR count). The summed E-state index contributed by atoms with van der Waals surface area (Å²) in [5.41, 5.74) is 0. The second-order valence-corrected chi connectivity index (χ2v) is 4.78. The van der Waals surface area contributed by atoms with Crippen molar-refractivity contribution in [3.8, 4) is 0 Å². The molecule has 0 spiro atoms. The first-order chi connectivity index (χ1) is 7.15. The lowest BCUT2D eigenvalue weighted by atomic mass is 10.2. The first kappa shape index (κ1) is 10.8. The lowest BCUT2D eigenvalue weighted by Crippen LogP contribution is -2.46. The molecule has 0 bridgehead atoms. The second-order valence-electron chi connectivity index (χ2n) is 3.86. The molecule has 1 aromatic heterocycles. The molecule has 0 aromatic carbocycles. The first-order valence-electron chi connectivity index (χ1n) is 5.03. The van der Waals surface area contributed by atoms with E-state index in [1.807, 2.05) is 0 Å². The van der Waals surface area contributed by atoms with E-state index >= 15 is 0 Å². The first-order valence-corrected chi connectivity index (χ1v) is 5.82. The van der Waals surface area contributed by atoms with Crippen LogP contribution >= 0.6 is 15.9 Å². The molecule has 0 aliphatic carbocycles. The zero-order valence-corrected chi connectivity index (χ0v) is 10.4. The number of nitrogens with zero attached hydrogens (tertiary/aromatic N) is 3. The van der Waals surface area contributed by atoms with Gasteiger partial charge in [-0.1, -0.05) is 0 Å². The van der Waals surface area contributed by atoms with Gasteiger partial charge in [0.1, 0.15) is 0 Å². The fraction of sp³-hybridized carbons (Fsp3) is 0.600. The van der Waals surface area contributed by atoms with Crippen molar-refractivity contribution in [2.24, 2.45) is 0 Å². The summed E-state index contributed by atoms with van der Waals surface area (Å²) >= 11 is 3.32. The van der Waals surface area contributed by atoms with Gasteiger partial charge in [0.2, 0.25) is 5.95 Å². The van der Waals surface area contributed by atoms with E-state index in [-0.39, 0.29) is 12.2 Å². The molecule has 0 radical (unpaired) electrons. The molecule has 15 heavy (non-hydrogen) atoms. The van der Waals surface area contributed by atoms with Gasteiger partial charge in [0, 0.05) is 25.5 Å². The van der Waals surface area contributed by atoms with Crippen LogP contribution < -0.4 is 4.90 Å². The summed E-state index contributed by atoms with van der Waals surface area (Å²) in [6.45, 7) is 5.85. The van der Waals surface area contributed by atoms with Gasteiger partial charge in [-0.15, -0.1) is 0 Å². The Morgan fingerprint density at radius 1 is 1.27 bits per heavy atom. The normalized spacial score (nSPS) is 26.7. The van der Waals surface area contributed by atoms with Gasteiger partial charge < -0.3 is 9.64 Å². The molecule has 2 heterocycles. The van der Waals surface area contributed by atoms with Gasteiger partial charge in [-0.25, -0.2) is 9.97 Å². The Bertz CT molecular complexity index is 320. The molecule has 0 amide bonds. The van der Waals surface area contributed by atoms with Crippen molar-refractivity contribution in [2.45, 2.75) is 26.1 Å². The average Bonchev–Trinajstić information content (AvgIpc) is 2.17. The fourth-order valence-corrected chi connectivity index (χ4v) is 2.01. The summed E-state index contributed by atoms with van der Waals surface area (Å²) in [6, 6.07) is 0. The fourth-order valence-electron chi connectivity index (χ4n) is 1.81. The number of morpholine rings is 1. The predicted molar refractivity (Wildman–Crippen MR) is 62.0 cm³/mol. The van der Waals surface area contributed by atoms with E-state index in [2.05, 4.69) is 44.6 Å². The van der Waals surface area contributed by atoms with Crippen molar-refractivity contribution >= 4 is 21.9 Å². The quantitative estimate of drug-likeness (QED) is 0.782. The lowest BCUT2D eigenvalue weighted by Gasteiger charge is -2.35. The van der Waals surface area contributed by atoms with Gasteiger partial charge in [0.05, 0.1) is 16.7 Å². The molecule has 1 aliphatic heterocycles. The van der Waals surface area contributed by atoms with Gasteiger partial charge in [0.15, 0.2) is 0 Å². The molecule has 1 aromatic rings. The van der Waals surface area contributed by atoms with Crippen LogP contribution in [-0.4, -0.2) is 35.3 Å². The Labute approximate surface area is 97.8 Å². The van der Waals surface area contributed by atoms with E-state index in [0.29, 0.717) is 0 Å². The third-order valence-electron chi connectivity index (χ3n) is 2.31. The summed E-state index contributed by atoms with van der Waals surface area (Å²) < 4.78 is 6.56. The Kier molecular flexibility index (Phi) is 3.21. The van der Waals surface area contributed by atoms with Crippen LogP contribution in [0.4, 0.5) is 5.95 Å². The Balaban J connectivity index is 2.12. The number of hydrogen-bond acceptors (Lipinski definition) is 4. The lowest BCUT2D eigenvalue weighted by molar-refractivity contribution is -0.00572. The van der Waals surface area contributed by atoms with E-state index < -0.39 is 0 Å². The van der Waals surface area contributed by atoms with Crippen LogP contribution in [0.15, 0.2) is 16.9 Å². The highest BCUT2D eigenvalue weighted by molar-refractivity contribution is 9.10. The summed E-state index contributed by atoms with van der Waals surface area (Å²) in [7, 11) is 0. The summed E-state index contributed by atoms with van der Waals surface area (Å²) in [6.07, 6.45) is 4.02. The van der Waals surface area contributed by atoms with Crippen LogP contribution in [-0.2, 0) is 4.74 Å². The highest BCUT2D eigenvalue weighted by atomic mass is 79.9. The molecule has 82 valence electrons. The van der Waals surface area contributed by atoms with Crippen LogP contribution in [0.1, 0.15) is 13.8 Å². The zero-order valence-electron chi connectivity index (χ0n) is 8.85. The molecule has 1 fully saturated rings. The molecule has 2 atom stereocenters. The van der Waals surface area contributed by atoms with Gasteiger partial charge in [-0.05, 0) is 29.8 Å². The number of halogens is 1. The van der Waals surface area contributed by atoms with Crippen molar-refractivity contribution in [1.82, 2.24) is 9.97 Å². The van der Waals surface area contributed by atoms with E-state index in [1.165, 1.54) is 0 Å². The minimum Gasteiger partial charge on any atom is -0.372 e. The van der Waals surface area contributed by atoms with Crippen molar-refractivity contribution < 1.29 is 4.74 Å². The van der Waals surface area contributed by atoms with Crippen molar-refractivity contribution in [2.75, 3.05) is 18.0 Å². The van der Waals surface area contributed by atoms with Crippen LogP contribution in [0.3, 0.4) is 0 Å². The van der Waals surface area contributed by atoms with E-state index in [1.54, 1.807) is 12.4 Å². The minimum atomic E-state index is 0.237. The number of aromatic nitrogens is 2. The topological polar surface area (TPSA) is 38.2 Å². The number of ether oxygens (including phenoxy) is 1. The second kappa shape index (κ2) is 4.45. The molecule has 5 heteroatoms. The number of anilines is 1. The van der Waals surface area contributed by atoms with Gasteiger partial charge in [-0.2, -0.15) is 0 Å². The predicted octanol–water partition coefficient (Wildman–Crippen LogP) is 1.85. The maximum atomic E-state index is 5.66. The van der Waals surface area contributed by atoms with Crippen LogP contribution in [0.2, 0.25) is 0 Å². The van der Waals surface area contributed by atoms with E-state index in [4.69, 9.17) is 4.74 Å². The maximum Gasteiger partial charge on any atom is 0.225 e. The minimum absolute atomic E-state index is 0.237. The molecule has 0 saturated carbocycles. The third-order valence-corrected chi connectivity index (χ3v) is 2.72. The van der Waals surface area contributed by atoms with Gasteiger partial charge >= 0.3 is 0 Å². The monoisotopic (exact) mass is 271 g/mol. The smallest absolute Gasteiger partial charge is 0.225 e. The highest BCUT2D eigenvalue weighted by Gasteiger charge is 2.23. The summed E-state index contributed by atoms with van der Waals surface area (Å²) in [5, 5.41) is 0. The largest absolute Gasteiger partial charge is 0.372 e. The van der Waals surface area contributed by atoms with Crippen molar-refractivity contribution in [3.63, 3.8) is 0 Å². The molecule has 1 saturated heterocycles. The van der Waals surface area contributed by atoms with Crippen LogP contribution in [0.25, 0.3) is 0 Å². The summed E-state index contributed by atoms with van der Waals surface area (Å²) in [5.74, 6) is 0.778. The van der Waals surface area contributed by atoms with E-state index in [9.17, 15) is 0 Å². The average molecular weight is 272 g/mol. The Morgan fingerprint density at radius 2 is 1.80 bits per heavy atom. The van der Waals surface area contributed by atoms with E-state index in [0.717, 1.165) is 23.5 Å². The molecule has 2 unspecified atom stereocenters. The maximum absolute atomic E-state index is 5.66. The van der Waals surface area contributed by atoms with Gasteiger partial charge in [-0.3, -0.25) is 0 Å². The molecular formula is C10H14BrN3O. The molecule has 4 nitrogen and oxygen atoms in total. The zero-order chi connectivity index (χ0) is 10.8. The Morgan fingerprint density at radius 3 is 2.33 bits per heavy atom. The van der Waals surface area contributed by atoms with Crippen LogP contribution in [0, 0.1) is 0 Å². The molecule has 1 aliphatic rings. The Hall–Kier alpha value is -0.680. The highest BCUT2D eigenvalue weighted by Crippen LogP contribution is 2.17. The SMILES string of the molecule is CC1CN(c2ncc(Br)cn2)CC(C)O1. The number of rotatable bonds is 1.